The lowest BCUT2D eigenvalue weighted by Crippen LogP contribution is -2.60. The molecule has 0 radical (unpaired) electrons. The Bertz CT molecular complexity index is 1250. The van der Waals surface area contributed by atoms with Crippen molar-refractivity contribution >= 4 is 23.1 Å². The summed E-state index contributed by atoms with van der Waals surface area (Å²) in [5.41, 5.74) is 4.27. The largest absolute Gasteiger partial charge is 0.462 e. The van der Waals surface area contributed by atoms with Crippen molar-refractivity contribution in [1.29, 1.82) is 0 Å². The van der Waals surface area contributed by atoms with Crippen LogP contribution >= 0.6 is 11.6 Å². The molecule has 2 aromatic carbocycles. The molecule has 1 unspecified atom stereocenters. The summed E-state index contributed by atoms with van der Waals surface area (Å²) in [4.78, 5) is 13.3. The second kappa shape index (κ2) is 10.4. The van der Waals surface area contributed by atoms with E-state index >= 15 is 0 Å². The molecule has 0 bridgehead atoms. The molecule has 2 aromatic rings. The summed E-state index contributed by atoms with van der Waals surface area (Å²) in [5, 5.41) is 43.9. The highest BCUT2D eigenvalue weighted by Gasteiger charge is 2.45. The van der Waals surface area contributed by atoms with E-state index in [9.17, 15) is 25.2 Å². The molecule has 1 aliphatic carbocycles. The monoisotopic (exact) mass is 541 g/mol. The molecule has 9 heteroatoms. The zero-order chi connectivity index (χ0) is 27.2. The summed E-state index contributed by atoms with van der Waals surface area (Å²) in [6, 6.07) is 14.6. The summed E-state index contributed by atoms with van der Waals surface area (Å²) in [7, 11) is 0. The maximum Gasteiger partial charge on any atom is 0.229 e. The Morgan fingerprint density at radius 1 is 1.00 bits per heavy atom. The van der Waals surface area contributed by atoms with Gasteiger partial charge in [-0.25, -0.2) is 0 Å². The van der Waals surface area contributed by atoms with E-state index in [1.807, 2.05) is 42.5 Å². The zero-order valence-corrected chi connectivity index (χ0v) is 21.9. The topological polar surface area (TPSA) is 128 Å². The Morgan fingerprint density at radius 3 is 2.34 bits per heavy atom. The van der Waals surface area contributed by atoms with E-state index in [-0.39, 0.29) is 17.1 Å². The number of halogens is 1. The predicted molar refractivity (Wildman–Crippen MR) is 141 cm³/mol. The van der Waals surface area contributed by atoms with E-state index in [1.54, 1.807) is 12.1 Å². The van der Waals surface area contributed by atoms with Gasteiger partial charge in [0.2, 0.25) is 6.29 Å². The second-order valence-corrected chi connectivity index (χ2v) is 11.3. The van der Waals surface area contributed by atoms with Crippen LogP contribution in [0, 0.1) is 5.41 Å². The molecule has 0 saturated carbocycles. The fourth-order valence-electron chi connectivity index (χ4n) is 5.37. The number of aliphatic hydroxyl groups is 4. The van der Waals surface area contributed by atoms with Crippen LogP contribution in [0.25, 0.3) is 5.70 Å². The Kier molecular flexibility index (Phi) is 7.39. The van der Waals surface area contributed by atoms with E-state index in [0.29, 0.717) is 17.2 Å². The molecule has 2 aliphatic heterocycles. The fraction of sp³-hybridized carbons (Fsp3) is 0.414. The first-order chi connectivity index (χ1) is 18.1. The van der Waals surface area contributed by atoms with Crippen molar-refractivity contribution in [3.63, 3.8) is 0 Å². The Balaban J connectivity index is 1.44. The lowest BCUT2D eigenvalue weighted by atomic mass is 9.70. The summed E-state index contributed by atoms with van der Waals surface area (Å²) >= 11 is 6.10. The van der Waals surface area contributed by atoms with Crippen molar-refractivity contribution in [3.05, 3.63) is 82.0 Å². The van der Waals surface area contributed by atoms with Gasteiger partial charge in [0.05, 0.1) is 6.61 Å². The standard InChI is InChI=1S/C29H32ClNO7/c1-29(2)12-21-24(22(33)13-29)19(11-20(31-21)16-3-7-17(30)8-4-16)15-5-9-18(10-6-15)37-28-27(36)26(35)25(34)23(14-32)38-28/h3-11,19,23,25-28,31-32,34-36H,12-14H2,1-2H3/t19?,23-,25-,26-,27-,28-/m1/s1. The third-order valence-electron chi connectivity index (χ3n) is 7.34. The first-order valence-electron chi connectivity index (χ1n) is 12.6. The van der Waals surface area contributed by atoms with Crippen molar-refractivity contribution in [2.24, 2.45) is 5.41 Å². The van der Waals surface area contributed by atoms with Gasteiger partial charge in [0, 0.05) is 34.3 Å². The Morgan fingerprint density at radius 2 is 1.68 bits per heavy atom. The first-order valence-corrected chi connectivity index (χ1v) is 13.0. The number of ketones is 1. The Hall–Kier alpha value is -2.72. The predicted octanol–water partition coefficient (Wildman–Crippen LogP) is 2.89. The van der Waals surface area contributed by atoms with Gasteiger partial charge in [0.25, 0.3) is 0 Å². The molecule has 0 aromatic heterocycles. The Labute approximate surface area is 226 Å². The van der Waals surface area contributed by atoms with Gasteiger partial charge >= 0.3 is 0 Å². The van der Waals surface area contributed by atoms with Crippen LogP contribution in [0.15, 0.2) is 65.9 Å². The minimum atomic E-state index is -1.52. The van der Waals surface area contributed by atoms with Crippen molar-refractivity contribution in [1.82, 2.24) is 5.32 Å². The van der Waals surface area contributed by atoms with E-state index in [2.05, 4.69) is 19.2 Å². The normalized spacial score (nSPS) is 30.8. The lowest BCUT2D eigenvalue weighted by Gasteiger charge is -2.39. The van der Waals surface area contributed by atoms with Crippen LogP contribution in [0.3, 0.4) is 0 Å². The summed E-state index contributed by atoms with van der Waals surface area (Å²) < 4.78 is 11.2. The molecule has 3 aliphatic rings. The average molecular weight is 542 g/mol. The number of carbonyl (C=O) groups excluding carboxylic acids is 1. The quantitative estimate of drug-likeness (QED) is 0.391. The minimum absolute atomic E-state index is 0.113. The highest BCUT2D eigenvalue weighted by Crippen LogP contribution is 2.45. The van der Waals surface area contributed by atoms with Gasteiger partial charge in [-0.1, -0.05) is 49.7 Å². The third kappa shape index (κ3) is 5.25. The third-order valence-corrected chi connectivity index (χ3v) is 7.60. The van der Waals surface area contributed by atoms with Crippen LogP contribution in [-0.2, 0) is 9.53 Å². The average Bonchev–Trinajstić information content (AvgIpc) is 2.88. The molecule has 5 rings (SSSR count). The minimum Gasteiger partial charge on any atom is -0.462 e. The van der Waals surface area contributed by atoms with E-state index < -0.39 is 37.3 Å². The molecular formula is C29H32ClNO7. The second-order valence-electron chi connectivity index (χ2n) is 10.9. The van der Waals surface area contributed by atoms with Gasteiger partial charge in [0.1, 0.15) is 30.2 Å². The number of Topliss-reactive ketones (excluding diaryl/α,β-unsaturated/α-hetero) is 1. The van der Waals surface area contributed by atoms with Crippen LogP contribution in [0.2, 0.25) is 5.02 Å². The molecule has 8 nitrogen and oxygen atoms in total. The number of dihydropyridines is 1. The number of ether oxygens (including phenoxy) is 2. The summed E-state index contributed by atoms with van der Waals surface area (Å²) in [6.45, 7) is 3.65. The maximum atomic E-state index is 13.3. The number of hydrogen-bond donors (Lipinski definition) is 5. The summed E-state index contributed by atoms with van der Waals surface area (Å²) in [5.74, 6) is 0.197. The highest BCUT2D eigenvalue weighted by molar-refractivity contribution is 6.30. The van der Waals surface area contributed by atoms with Gasteiger partial charge in [-0.2, -0.15) is 0 Å². The van der Waals surface area contributed by atoms with Gasteiger partial charge in [0.15, 0.2) is 5.78 Å². The molecule has 1 fully saturated rings. The van der Waals surface area contributed by atoms with Crippen LogP contribution in [0.1, 0.15) is 43.7 Å². The van der Waals surface area contributed by atoms with Crippen molar-refractivity contribution in [3.8, 4) is 5.75 Å². The smallest absolute Gasteiger partial charge is 0.229 e. The maximum absolute atomic E-state index is 13.3. The molecule has 0 spiro atoms. The van der Waals surface area contributed by atoms with Gasteiger partial charge in [-0.3, -0.25) is 4.79 Å². The zero-order valence-electron chi connectivity index (χ0n) is 21.2. The fourth-order valence-corrected chi connectivity index (χ4v) is 5.50. The number of rotatable bonds is 5. The molecule has 38 heavy (non-hydrogen) atoms. The molecule has 5 N–H and O–H groups in total. The van der Waals surface area contributed by atoms with Crippen LogP contribution < -0.4 is 10.1 Å². The number of benzene rings is 2. The molecular weight excluding hydrogens is 510 g/mol. The number of allylic oxidation sites excluding steroid dienone is 3. The number of carbonyl (C=O) groups is 1. The number of nitrogens with one attached hydrogen (secondary N) is 1. The molecule has 1 saturated heterocycles. The van der Waals surface area contributed by atoms with Crippen LogP contribution in [0.4, 0.5) is 0 Å². The van der Waals surface area contributed by atoms with E-state index in [0.717, 1.165) is 34.5 Å². The van der Waals surface area contributed by atoms with Gasteiger partial charge in [-0.15, -0.1) is 0 Å². The van der Waals surface area contributed by atoms with Crippen LogP contribution in [-0.4, -0.2) is 63.5 Å². The summed E-state index contributed by atoms with van der Waals surface area (Å²) in [6.07, 6.45) is -3.56. The molecule has 2 heterocycles. The number of aliphatic hydroxyl groups excluding tert-OH is 4. The first kappa shape index (κ1) is 26.9. The van der Waals surface area contributed by atoms with Gasteiger partial charge in [-0.05, 0) is 53.3 Å². The van der Waals surface area contributed by atoms with Gasteiger partial charge < -0.3 is 35.2 Å². The number of hydrogen-bond acceptors (Lipinski definition) is 8. The van der Waals surface area contributed by atoms with Crippen molar-refractivity contribution in [2.45, 2.75) is 63.3 Å². The molecule has 6 atom stereocenters. The van der Waals surface area contributed by atoms with Crippen molar-refractivity contribution in [2.75, 3.05) is 6.61 Å². The highest BCUT2D eigenvalue weighted by atomic mass is 35.5. The van der Waals surface area contributed by atoms with E-state index in [4.69, 9.17) is 21.1 Å². The van der Waals surface area contributed by atoms with E-state index in [1.165, 1.54) is 0 Å². The molecule has 0 amide bonds. The molecule has 202 valence electrons. The SMILES string of the molecule is CC1(C)CC(=O)C2=C(C1)NC(c1ccc(Cl)cc1)=CC2c1ccc(O[C@@H]2O[C@H](CO)[C@@H](O)[C@@H](O)[C@H]2O)cc1. The van der Waals surface area contributed by atoms with Crippen LogP contribution in [0.5, 0.6) is 5.75 Å². The lowest BCUT2D eigenvalue weighted by molar-refractivity contribution is -0.277. The van der Waals surface area contributed by atoms with Crippen molar-refractivity contribution < 1.29 is 34.7 Å².